The normalized spacial score (nSPS) is 17.8. The lowest BCUT2D eigenvalue weighted by atomic mass is 10.0. The molecule has 8 heteroatoms. The maximum Gasteiger partial charge on any atom is 0.249 e. The third-order valence-corrected chi connectivity index (χ3v) is 4.90. The fourth-order valence-corrected chi connectivity index (χ4v) is 3.30. The van der Waals surface area contributed by atoms with Gasteiger partial charge in [-0.25, -0.2) is 9.97 Å². The van der Waals surface area contributed by atoms with Crippen molar-refractivity contribution in [2.75, 3.05) is 11.9 Å². The SMILES string of the molecule is Cc1ncc(C(Nc2ccc(C#N)cc2C=N)C(C)NC(=O)C2CCCO2)cn1. The Hall–Kier alpha value is -3.31. The fourth-order valence-electron chi connectivity index (χ4n) is 3.30. The number of anilines is 1. The molecule has 3 atom stereocenters. The van der Waals surface area contributed by atoms with E-state index in [2.05, 4.69) is 26.7 Å². The Balaban J connectivity index is 1.87. The van der Waals surface area contributed by atoms with Crippen LogP contribution in [0.5, 0.6) is 0 Å². The smallest absolute Gasteiger partial charge is 0.249 e. The van der Waals surface area contributed by atoms with Gasteiger partial charge in [0.05, 0.1) is 23.7 Å². The van der Waals surface area contributed by atoms with Crippen LogP contribution in [0, 0.1) is 23.7 Å². The quantitative estimate of drug-likeness (QED) is 0.622. The Labute approximate surface area is 169 Å². The van der Waals surface area contributed by atoms with Crippen LogP contribution in [0.3, 0.4) is 0 Å². The minimum absolute atomic E-state index is 0.137. The number of ether oxygens (including phenoxy) is 1. The first-order chi connectivity index (χ1) is 14.0. The van der Waals surface area contributed by atoms with Crippen LogP contribution in [0.2, 0.25) is 0 Å². The molecule has 1 fully saturated rings. The molecule has 8 nitrogen and oxygen atoms in total. The van der Waals surface area contributed by atoms with Gasteiger partial charge in [0.1, 0.15) is 11.9 Å². The van der Waals surface area contributed by atoms with E-state index in [-0.39, 0.29) is 18.0 Å². The largest absolute Gasteiger partial charge is 0.376 e. The van der Waals surface area contributed by atoms with E-state index in [1.54, 1.807) is 30.6 Å². The molecule has 0 saturated carbocycles. The summed E-state index contributed by atoms with van der Waals surface area (Å²) >= 11 is 0. The van der Waals surface area contributed by atoms with Gasteiger partial charge in [0.15, 0.2) is 0 Å². The number of nitrogens with one attached hydrogen (secondary N) is 3. The van der Waals surface area contributed by atoms with Gasteiger partial charge >= 0.3 is 0 Å². The van der Waals surface area contributed by atoms with E-state index in [0.717, 1.165) is 18.4 Å². The number of aromatic nitrogens is 2. The predicted molar refractivity (Wildman–Crippen MR) is 109 cm³/mol. The molecule has 3 unspecified atom stereocenters. The van der Waals surface area contributed by atoms with Gasteiger partial charge in [-0.2, -0.15) is 5.26 Å². The number of nitriles is 1. The van der Waals surface area contributed by atoms with E-state index in [0.29, 0.717) is 29.2 Å². The molecule has 1 saturated heterocycles. The van der Waals surface area contributed by atoms with E-state index in [1.807, 2.05) is 13.8 Å². The van der Waals surface area contributed by atoms with Crippen molar-refractivity contribution in [2.24, 2.45) is 0 Å². The maximum atomic E-state index is 12.5. The summed E-state index contributed by atoms with van der Waals surface area (Å²) < 4.78 is 5.48. The maximum absolute atomic E-state index is 12.5. The molecule has 3 rings (SSSR count). The van der Waals surface area contributed by atoms with Gasteiger partial charge < -0.3 is 20.8 Å². The number of aryl methyl sites for hydroxylation is 1. The Morgan fingerprint density at radius 1 is 1.41 bits per heavy atom. The number of benzene rings is 1. The minimum atomic E-state index is -0.417. The average Bonchev–Trinajstić information content (AvgIpc) is 3.28. The van der Waals surface area contributed by atoms with Crippen LogP contribution in [-0.4, -0.2) is 40.8 Å². The van der Waals surface area contributed by atoms with Gasteiger partial charge in [-0.1, -0.05) is 0 Å². The standard InChI is InChI=1S/C21H24N6O2/c1-13(26-21(28)19-4-3-7-29-19)20(17-11-24-14(2)25-12-17)27-18-6-5-15(9-22)8-16(18)10-23/h5-6,8,10-13,19-20,23,27H,3-4,7H2,1-2H3,(H,26,28). The van der Waals surface area contributed by atoms with Gasteiger partial charge in [0.25, 0.3) is 0 Å². The molecular formula is C21H24N6O2. The molecule has 1 aromatic heterocycles. The summed E-state index contributed by atoms with van der Waals surface area (Å²) in [6.45, 7) is 4.31. The number of hydrogen-bond acceptors (Lipinski definition) is 7. The van der Waals surface area contributed by atoms with Gasteiger partial charge in [0, 0.05) is 42.0 Å². The summed E-state index contributed by atoms with van der Waals surface area (Å²) in [5.41, 5.74) is 2.54. The van der Waals surface area contributed by atoms with Crippen molar-refractivity contribution in [3.63, 3.8) is 0 Å². The monoisotopic (exact) mass is 392 g/mol. The first-order valence-electron chi connectivity index (χ1n) is 9.53. The molecular weight excluding hydrogens is 368 g/mol. The number of amides is 1. The van der Waals surface area contributed by atoms with Gasteiger partial charge in [-0.05, 0) is 44.9 Å². The van der Waals surface area contributed by atoms with Gasteiger partial charge in [0.2, 0.25) is 5.91 Å². The zero-order valence-corrected chi connectivity index (χ0v) is 16.5. The van der Waals surface area contributed by atoms with E-state index >= 15 is 0 Å². The van der Waals surface area contributed by atoms with E-state index < -0.39 is 6.10 Å². The van der Waals surface area contributed by atoms with Crippen molar-refractivity contribution in [1.29, 1.82) is 10.7 Å². The van der Waals surface area contributed by atoms with Crippen LogP contribution < -0.4 is 10.6 Å². The Kier molecular flexibility index (Phi) is 6.52. The zero-order chi connectivity index (χ0) is 20.8. The third-order valence-electron chi connectivity index (χ3n) is 4.90. The van der Waals surface area contributed by atoms with Crippen LogP contribution in [0.25, 0.3) is 0 Å². The van der Waals surface area contributed by atoms with Crippen molar-refractivity contribution >= 4 is 17.8 Å². The number of carbonyl (C=O) groups is 1. The Morgan fingerprint density at radius 2 is 2.17 bits per heavy atom. The number of rotatable bonds is 7. The van der Waals surface area contributed by atoms with Gasteiger partial charge in [-0.15, -0.1) is 0 Å². The highest BCUT2D eigenvalue weighted by molar-refractivity contribution is 5.86. The lowest BCUT2D eigenvalue weighted by molar-refractivity contribution is -0.130. The van der Waals surface area contributed by atoms with E-state index in [4.69, 9.17) is 15.4 Å². The van der Waals surface area contributed by atoms with Crippen molar-refractivity contribution in [2.45, 2.75) is 44.9 Å². The number of nitrogens with zero attached hydrogens (tertiary/aromatic N) is 3. The number of carbonyl (C=O) groups excluding carboxylic acids is 1. The summed E-state index contributed by atoms with van der Waals surface area (Å²) in [5.74, 6) is 0.518. The van der Waals surface area contributed by atoms with Gasteiger partial charge in [-0.3, -0.25) is 4.79 Å². The Bertz CT molecular complexity index is 916. The molecule has 3 N–H and O–H groups in total. The average molecular weight is 392 g/mol. The minimum Gasteiger partial charge on any atom is -0.376 e. The topological polar surface area (TPSA) is 124 Å². The molecule has 1 amide bonds. The zero-order valence-electron chi connectivity index (χ0n) is 16.5. The lowest BCUT2D eigenvalue weighted by Crippen LogP contribution is -2.44. The molecule has 1 aliphatic heterocycles. The molecule has 2 aromatic rings. The third kappa shape index (κ3) is 4.95. The van der Waals surface area contributed by atoms with Crippen molar-refractivity contribution in [1.82, 2.24) is 15.3 Å². The predicted octanol–water partition coefficient (Wildman–Crippen LogP) is 2.49. The highest BCUT2D eigenvalue weighted by atomic mass is 16.5. The van der Waals surface area contributed by atoms with Crippen LogP contribution >= 0.6 is 0 Å². The summed E-state index contributed by atoms with van der Waals surface area (Å²) in [6, 6.07) is 6.53. The lowest BCUT2D eigenvalue weighted by Gasteiger charge is -2.28. The second-order valence-electron chi connectivity index (χ2n) is 7.04. The molecule has 0 aliphatic carbocycles. The summed E-state index contributed by atoms with van der Waals surface area (Å²) in [4.78, 5) is 21.1. The van der Waals surface area contributed by atoms with Crippen LogP contribution in [-0.2, 0) is 9.53 Å². The van der Waals surface area contributed by atoms with E-state index in [9.17, 15) is 4.79 Å². The fraction of sp³-hybridized carbons (Fsp3) is 0.381. The molecule has 29 heavy (non-hydrogen) atoms. The summed E-state index contributed by atoms with van der Waals surface area (Å²) in [6.07, 6.45) is 5.83. The highest BCUT2D eigenvalue weighted by Gasteiger charge is 2.28. The first kappa shape index (κ1) is 20.4. The van der Waals surface area contributed by atoms with Crippen LogP contribution in [0.15, 0.2) is 30.6 Å². The van der Waals surface area contributed by atoms with Crippen molar-refractivity contribution in [3.8, 4) is 6.07 Å². The molecule has 2 heterocycles. The van der Waals surface area contributed by atoms with E-state index in [1.165, 1.54) is 6.21 Å². The molecule has 1 aromatic carbocycles. The molecule has 1 aliphatic rings. The van der Waals surface area contributed by atoms with Crippen LogP contribution in [0.4, 0.5) is 5.69 Å². The summed E-state index contributed by atoms with van der Waals surface area (Å²) in [7, 11) is 0. The highest BCUT2D eigenvalue weighted by Crippen LogP contribution is 2.25. The second kappa shape index (κ2) is 9.26. The molecule has 0 spiro atoms. The summed E-state index contributed by atoms with van der Waals surface area (Å²) in [5, 5.41) is 23.2. The first-order valence-corrected chi connectivity index (χ1v) is 9.53. The Morgan fingerprint density at radius 3 is 2.79 bits per heavy atom. The molecule has 0 radical (unpaired) electrons. The molecule has 150 valence electrons. The number of hydrogen-bond donors (Lipinski definition) is 3. The second-order valence-corrected chi connectivity index (χ2v) is 7.04. The van der Waals surface area contributed by atoms with Crippen molar-refractivity contribution < 1.29 is 9.53 Å². The molecule has 0 bridgehead atoms. The van der Waals surface area contributed by atoms with Crippen molar-refractivity contribution in [3.05, 3.63) is 53.1 Å². The van der Waals surface area contributed by atoms with Crippen LogP contribution in [0.1, 0.15) is 48.3 Å².